The molecule has 0 bridgehead atoms. The Hall–Kier alpha value is -3.34. The second kappa shape index (κ2) is 17.2. The van der Waals surface area contributed by atoms with E-state index in [2.05, 4.69) is 10.6 Å². The molecular weight excluding hydrogens is 488 g/mol. The molecule has 2 aromatic rings. The Kier molecular flexibility index (Phi) is 14.0. The number of benzene rings is 2. The molecule has 0 saturated carbocycles. The number of rotatable bonds is 18. The number of aromatic hydroxyl groups is 4. The van der Waals surface area contributed by atoms with Gasteiger partial charge in [0.1, 0.15) is 0 Å². The van der Waals surface area contributed by atoms with Crippen LogP contribution in [0.25, 0.3) is 0 Å². The van der Waals surface area contributed by atoms with E-state index in [-0.39, 0.29) is 54.2 Å². The van der Waals surface area contributed by atoms with Crippen LogP contribution in [0, 0.1) is 0 Å². The summed E-state index contributed by atoms with van der Waals surface area (Å²) in [6, 6.07) is 8.81. The number of carbonyl (C=O) groups is 2. The average molecular weight is 531 g/mol. The van der Waals surface area contributed by atoms with Crippen LogP contribution < -0.4 is 16.4 Å². The van der Waals surface area contributed by atoms with Crippen LogP contribution in [0.3, 0.4) is 0 Å². The Morgan fingerprint density at radius 2 is 1.11 bits per heavy atom. The molecule has 0 aromatic heterocycles. The summed E-state index contributed by atoms with van der Waals surface area (Å²) in [5, 5.41) is 45.1. The van der Waals surface area contributed by atoms with Gasteiger partial charge in [0.2, 0.25) is 11.8 Å². The largest absolute Gasteiger partial charge is 0.504 e. The van der Waals surface area contributed by atoms with E-state index in [4.69, 9.17) is 5.73 Å². The zero-order valence-electron chi connectivity index (χ0n) is 22.0. The molecule has 2 rings (SSSR count). The van der Waals surface area contributed by atoms with E-state index >= 15 is 0 Å². The van der Waals surface area contributed by atoms with Crippen molar-refractivity contribution in [1.29, 1.82) is 0 Å². The third-order valence-corrected chi connectivity index (χ3v) is 6.19. The monoisotopic (exact) mass is 530 g/mol. The molecule has 0 spiro atoms. The van der Waals surface area contributed by atoms with Gasteiger partial charge in [-0.05, 0) is 107 Å². The van der Waals surface area contributed by atoms with Crippen molar-refractivity contribution in [3.8, 4) is 23.0 Å². The molecule has 8 N–H and O–H groups in total. The minimum Gasteiger partial charge on any atom is -0.504 e. The molecule has 0 aliphatic heterocycles. The van der Waals surface area contributed by atoms with E-state index in [9.17, 15) is 30.0 Å². The normalized spacial score (nSPS) is 11.0. The second-order valence-corrected chi connectivity index (χ2v) is 9.29. The Balaban J connectivity index is 1.84. The molecule has 0 fully saturated rings. The Morgan fingerprint density at radius 1 is 0.658 bits per heavy atom. The number of aryl methyl sites for hydroxylation is 2. The second-order valence-electron chi connectivity index (χ2n) is 9.29. The molecule has 10 nitrogen and oxygen atoms in total. The SMILES string of the molecule is NCCCNCCCCNCCCN(C(=O)CCc1ccc(O)c(O)c1)C(=O)CCc1ccc(O)c(O)c1. The molecule has 0 radical (unpaired) electrons. The average Bonchev–Trinajstić information content (AvgIpc) is 2.90. The first-order valence-electron chi connectivity index (χ1n) is 13.3. The highest BCUT2D eigenvalue weighted by atomic mass is 16.3. The number of hydrogen-bond donors (Lipinski definition) is 7. The van der Waals surface area contributed by atoms with Gasteiger partial charge >= 0.3 is 0 Å². The van der Waals surface area contributed by atoms with Crippen LogP contribution >= 0.6 is 0 Å². The summed E-state index contributed by atoms with van der Waals surface area (Å²) in [4.78, 5) is 27.3. The Bertz CT molecular complexity index is 949. The number of unbranched alkanes of at least 4 members (excludes halogenated alkanes) is 1. The number of carbonyl (C=O) groups excluding carboxylic acids is 2. The van der Waals surface area contributed by atoms with E-state index in [1.807, 2.05) is 0 Å². The fourth-order valence-corrected chi connectivity index (χ4v) is 3.95. The smallest absolute Gasteiger partial charge is 0.229 e. The number of hydrogen-bond acceptors (Lipinski definition) is 9. The van der Waals surface area contributed by atoms with Gasteiger partial charge in [-0.25, -0.2) is 0 Å². The van der Waals surface area contributed by atoms with E-state index in [1.54, 1.807) is 12.1 Å². The highest BCUT2D eigenvalue weighted by molar-refractivity contribution is 5.95. The van der Waals surface area contributed by atoms with Gasteiger partial charge in [-0.1, -0.05) is 12.1 Å². The molecule has 2 aromatic carbocycles. The summed E-state index contributed by atoms with van der Waals surface area (Å²) in [5.41, 5.74) is 6.83. The summed E-state index contributed by atoms with van der Waals surface area (Å²) in [5.74, 6) is -1.57. The maximum Gasteiger partial charge on any atom is 0.229 e. The Morgan fingerprint density at radius 3 is 1.55 bits per heavy atom. The molecule has 0 aliphatic rings. The number of nitrogens with two attached hydrogens (primary N) is 1. The third-order valence-electron chi connectivity index (χ3n) is 6.19. The predicted octanol–water partition coefficient (Wildman–Crippen LogP) is 2.13. The van der Waals surface area contributed by atoms with Gasteiger partial charge in [0.25, 0.3) is 0 Å². The lowest BCUT2D eigenvalue weighted by atomic mass is 10.1. The summed E-state index contributed by atoms with van der Waals surface area (Å²) in [6.45, 7) is 4.40. The Labute approximate surface area is 224 Å². The van der Waals surface area contributed by atoms with Crippen LogP contribution in [-0.2, 0) is 22.4 Å². The molecule has 38 heavy (non-hydrogen) atoms. The van der Waals surface area contributed by atoms with E-state index in [0.29, 0.717) is 43.5 Å². The number of nitrogens with one attached hydrogen (secondary N) is 2. The van der Waals surface area contributed by atoms with Crippen molar-refractivity contribution in [2.75, 3.05) is 39.3 Å². The number of amides is 2. The standard InChI is InChI=1S/C28H42N4O6/c29-13-3-16-30-14-1-2-15-31-17-4-18-32(27(37)11-7-21-5-9-23(33)25(35)19-21)28(38)12-8-22-6-10-24(34)26(36)20-22/h5-6,9-10,19-20,30-31,33-36H,1-4,7-8,11-18,29H2. The number of phenols is 4. The van der Waals surface area contributed by atoms with Crippen LogP contribution in [0.2, 0.25) is 0 Å². The lowest BCUT2D eigenvalue weighted by Gasteiger charge is -2.21. The van der Waals surface area contributed by atoms with Crippen LogP contribution in [0.4, 0.5) is 0 Å². The fraction of sp³-hybridized carbons (Fsp3) is 0.500. The third kappa shape index (κ3) is 11.4. The van der Waals surface area contributed by atoms with Crippen molar-refractivity contribution in [2.45, 2.75) is 51.4 Å². The lowest BCUT2D eigenvalue weighted by molar-refractivity contribution is -0.144. The molecule has 0 aliphatic carbocycles. The minimum absolute atomic E-state index is 0.0839. The minimum atomic E-state index is -0.306. The zero-order chi connectivity index (χ0) is 27.8. The van der Waals surface area contributed by atoms with Gasteiger partial charge in [-0.15, -0.1) is 0 Å². The van der Waals surface area contributed by atoms with Gasteiger partial charge in [-0.2, -0.15) is 0 Å². The van der Waals surface area contributed by atoms with Crippen LogP contribution in [0.15, 0.2) is 36.4 Å². The number of phenolic OH excluding ortho intramolecular Hbond substituents is 4. The first-order chi connectivity index (χ1) is 18.3. The van der Waals surface area contributed by atoms with Crippen molar-refractivity contribution in [1.82, 2.24) is 15.5 Å². The summed E-state index contributed by atoms with van der Waals surface area (Å²) in [6.07, 6.45) is 4.48. The number of imide groups is 1. The van der Waals surface area contributed by atoms with Crippen LogP contribution in [0.5, 0.6) is 23.0 Å². The first kappa shape index (κ1) is 30.9. The van der Waals surface area contributed by atoms with Gasteiger partial charge in [0, 0.05) is 19.4 Å². The summed E-state index contributed by atoms with van der Waals surface area (Å²) < 4.78 is 0. The van der Waals surface area contributed by atoms with Crippen molar-refractivity contribution in [3.63, 3.8) is 0 Å². The van der Waals surface area contributed by atoms with Crippen LogP contribution in [0.1, 0.15) is 49.7 Å². The van der Waals surface area contributed by atoms with Gasteiger partial charge < -0.3 is 36.8 Å². The van der Waals surface area contributed by atoms with Gasteiger partial charge in [-0.3, -0.25) is 14.5 Å². The van der Waals surface area contributed by atoms with E-state index in [0.717, 1.165) is 38.9 Å². The van der Waals surface area contributed by atoms with Gasteiger partial charge in [0.15, 0.2) is 23.0 Å². The highest BCUT2D eigenvalue weighted by Crippen LogP contribution is 2.26. The molecule has 210 valence electrons. The van der Waals surface area contributed by atoms with E-state index in [1.165, 1.54) is 29.2 Å². The predicted molar refractivity (Wildman–Crippen MR) is 146 cm³/mol. The van der Waals surface area contributed by atoms with Crippen molar-refractivity contribution in [3.05, 3.63) is 47.5 Å². The molecular formula is C28H42N4O6. The highest BCUT2D eigenvalue weighted by Gasteiger charge is 2.21. The van der Waals surface area contributed by atoms with E-state index < -0.39 is 0 Å². The maximum absolute atomic E-state index is 13.0. The fourth-order valence-electron chi connectivity index (χ4n) is 3.95. The maximum atomic E-state index is 13.0. The topological polar surface area (TPSA) is 168 Å². The summed E-state index contributed by atoms with van der Waals surface area (Å²) in [7, 11) is 0. The lowest BCUT2D eigenvalue weighted by Crippen LogP contribution is -2.39. The molecule has 0 atom stereocenters. The van der Waals surface area contributed by atoms with Crippen molar-refractivity contribution >= 4 is 11.8 Å². The molecule has 0 saturated heterocycles. The quantitative estimate of drug-likeness (QED) is 0.113. The van der Waals surface area contributed by atoms with Gasteiger partial charge in [0.05, 0.1) is 0 Å². The van der Waals surface area contributed by atoms with Crippen molar-refractivity contribution < 1.29 is 30.0 Å². The first-order valence-corrected chi connectivity index (χ1v) is 13.3. The molecule has 10 heteroatoms. The molecule has 0 unspecified atom stereocenters. The molecule has 0 heterocycles. The van der Waals surface area contributed by atoms with Crippen molar-refractivity contribution in [2.24, 2.45) is 5.73 Å². The summed E-state index contributed by atoms with van der Waals surface area (Å²) >= 11 is 0. The number of nitrogens with zero attached hydrogens (tertiary/aromatic N) is 1. The zero-order valence-corrected chi connectivity index (χ0v) is 22.0. The van der Waals surface area contributed by atoms with Crippen LogP contribution in [-0.4, -0.2) is 76.4 Å². The molecule has 2 amide bonds.